The Labute approximate surface area is 126 Å². The lowest BCUT2D eigenvalue weighted by molar-refractivity contribution is 0.0689. The molecule has 118 valence electrons. The first-order chi connectivity index (χ1) is 9.56. The first-order valence-corrected chi connectivity index (χ1v) is 9.75. The Bertz CT molecular complexity index is 509. The van der Waals surface area contributed by atoms with Crippen LogP contribution in [0.5, 0.6) is 5.75 Å². The molecule has 0 fully saturated rings. The van der Waals surface area contributed by atoms with Gasteiger partial charge in [-0.05, 0) is 30.3 Å². The minimum absolute atomic E-state index is 0.0806. The fourth-order valence-electron chi connectivity index (χ4n) is 1.48. The number of aromatic carboxylic acids is 1. The van der Waals surface area contributed by atoms with Gasteiger partial charge in [0.1, 0.15) is 12.2 Å². The van der Waals surface area contributed by atoms with Crippen LogP contribution < -0.4 is 4.74 Å². The number of carboxylic acid groups (broad SMARTS) is 1. The number of ether oxygens (including phenoxy) is 1. The molecule has 0 heterocycles. The summed E-state index contributed by atoms with van der Waals surface area (Å²) in [5.74, 6) is -2.12. The molecule has 0 bridgehead atoms. The number of hydrogen-bond acceptors (Lipinski definition) is 3. The van der Waals surface area contributed by atoms with E-state index in [4.69, 9.17) is 14.3 Å². The molecule has 0 aliphatic carbocycles. The van der Waals surface area contributed by atoms with Crippen LogP contribution in [-0.4, -0.2) is 32.6 Å². The molecule has 1 rings (SSSR count). The minimum Gasteiger partial charge on any atom is -0.487 e. The monoisotopic (exact) mass is 314 g/mol. The van der Waals surface area contributed by atoms with Crippen molar-refractivity contribution >= 4 is 14.3 Å². The summed E-state index contributed by atoms with van der Waals surface area (Å²) in [6.45, 7) is 11.0. The molecule has 0 saturated heterocycles. The van der Waals surface area contributed by atoms with Crippen molar-refractivity contribution in [1.29, 1.82) is 0 Å². The van der Waals surface area contributed by atoms with Crippen LogP contribution in [-0.2, 0) is 4.43 Å². The molecule has 0 aliphatic rings. The van der Waals surface area contributed by atoms with Crippen LogP contribution in [0.3, 0.4) is 0 Å². The number of para-hydroxylation sites is 1. The first kappa shape index (κ1) is 17.6. The van der Waals surface area contributed by atoms with Crippen LogP contribution in [0.15, 0.2) is 18.2 Å². The zero-order valence-electron chi connectivity index (χ0n) is 13.2. The van der Waals surface area contributed by atoms with E-state index in [1.54, 1.807) is 0 Å². The molecule has 21 heavy (non-hydrogen) atoms. The van der Waals surface area contributed by atoms with E-state index in [1.807, 2.05) is 0 Å². The quantitative estimate of drug-likeness (QED) is 0.638. The normalized spacial score (nSPS) is 12.3. The van der Waals surface area contributed by atoms with Crippen LogP contribution in [0.4, 0.5) is 4.39 Å². The van der Waals surface area contributed by atoms with Gasteiger partial charge in [0, 0.05) is 0 Å². The van der Waals surface area contributed by atoms with Crippen LogP contribution in [0.25, 0.3) is 0 Å². The van der Waals surface area contributed by atoms with Gasteiger partial charge in [0.15, 0.2) is 19.9 Å². The van der Waals surface area contributed by atoms with Crippen molar-refractivity contribution in [2.75, 3.05) is 13.2 Å². The molecule has 1 N–H and O–H groups in total. The van der Waals surface area contributed by atoms with Crippen LogP contribution in [0.1, 0.15) is 31.1 Å². The molecule has 0 aliphatic heterocycles. The maximum absolute atomic E-state index is 13.6. The third-order valence-corrected chi connectivity index (χ3v) is 8.33. The van der Waals surface area contributed by atoms with Gasteiger partial charge in [-0.3, -0.25) is 0 Å². The lowest BCUT2D eigenvalue weighted by atomic mass is 10.2. The lowest BCUT2D eigenvalue weighted by Crippen LogP contribution is -2.41. The molecular weight excluding hydrogens is 291 g/mol. The Kier molecular flexibility index (Phi) is 5.52. The molecule has 0 unspecified atom stereocenters. The summed E-state index contributed by atoms with van der Waals surface area (Å²) in [5, 5.41) is 9.09. The van der Waals surface area contributed by atoms with E-state index in [9.17, 15) is 9.18 Å². The van der Waals surface area contributed by atoms with Crippen LogP contribution in [0, 0.1) is 5.82 Å². The van der Waals surface area contributed by atoms with Crippen molar-refractivity contribution in [1.82, 2.24) is 0 Å². The molecule has 4 nitrogen and oxygen atoms in total. The summed E-state index contributed by atoms with van der Waals surface area (Å²) >= 11 is 0. The largest absolute Gasteiger partial charge is 0.487 e. The Morgan fingerprint density at radius 2 is 1.90 bits per heavy atom. The van der Waals surface area contributed by atoms with E-state index in [-0.39, 0.29) is 23.0 Å². The topological polar surface area (TPSA) is 55.8 Å². The van der Waals surface area contributed by atoms with E-state index < -0.39 is 20.1 Å². The lowest BCUT2D eigenvalue weighted by Gasteiger charge is -2.36. The van der Waals surface area contributed by atoms with Gasteiger partial charge >= 0.3 is 5.97 Å². The third kappa shape index (κ3) is 4.54. The van der Waals surface area contributed by atoms with Gasteiger partial charge in [-0.1, -0.05) is 26.8 Å². The predicted molar refractivity (Wildman–Crippen MR) is 82.0 cm³/mol. The van der Waals surface area contributed by atoms with Gasteiger partial charge in [-0.2, -0.15) is 0 Å². The summed E-state index contributed by atoms with van der Waals surface area (Å²) in [6.07, 6.45) is 0. The van der Waals surface area contributed by atoms with Crippen molar-refractivity contribution < 1.29 is 23.5 Å². The third-order valence-electron chi connectivity index (χ3n) is 3.80. The molecule has 0 saturated carbocycles. The Morgan fingerprint density at radius 3 is 2.43 bits per heavy atom. The smallest absolute Gasteiger partial charge is 0.339 e. The number of carbonyl (C=O) groups is 1. The number of rotatable bonds is 6. The number of hydrogen-bond donors (Lipinski definition) is 1. The molecule has 0 radical (unpaired) electrons. The number of carboxylic acids is 1. The number of benzene rings is 1. The summed E-state index contributed by atoms with van der Waals surface area (Å²) in [6, 6.07) is 3.84. The van der Waals surface area contributed by atoms with Gasteiger partial charge in [-0.25, -0.2) is 9.18 Å². The SMILES string of the molecule is CC(C)(C)[Si](C)(C)OCCOc1c(F)cccc1C(=O)O. The second-order valence-corrected chi connectivity index (χ2v) is 11.2. The van der Waals surface area contributed by atoms with Gasteiger partial charge in [0.2, 0.25) is 0 Å². The van der Waals surface area contributed by atoms with E-state index in [1.165, 1.54) is 18.2 Å². The van der Waals surface area contributed by atoms with Crippen molar-refractivity contribution in [2.24, 2.45) is 0 Å². The predicted octanol–water partition coefficient (Wildman–Crippen LogP) is 3.92. The van der Waals surface area contributed by atoms with E-state index in [2.05, 4.69) is 33.9 Å². The standard InChI is InChI=1S/C15H23FO4Si/c1-15(2,3)21(4,5)20-10-9-19-13-11(14(17)18)7-6-8-12(13)16/h6-8H,9-10H2,1-5H3,(H,17,18). The molecule has 0 atom stereocenters. The van der Waals surface area contributed by atoms with Crippen molar-refractivity contribution in [3.05, 3.63) is 29.6 Å². The molecule has 0 aromatic heterocycles. The second kappa shape index (κ2) is 6.57. The highest BCUT2D eigenvalue weighted by Gasteiger charge is 2.36. The summed E-state index contributed by atoms with van der Waals surface area (Å²) < 4.78 is 24.8. The molecule has 6 heteroatoms. The van der Waals surface area contributed by atoms with Gasteiger partial charge in [-0.15, -0.1) is 0 Å². The Morgan fingerprint density at radius 1 is 1.29 bits per heavy atom. The Hall–Kier alpha value is -1.40. The van der Waals surface area contributed by atoms with E-state index >= 15 is 0 Å². The van der Waals surface area contributed by atoms with Crippen molar-refractivity contribution in [3.63, 3.8) is 0 Å². The van der Waals surface area contributed by atoms with Crippen LogP contribution in [0.2, 0.25) is 18.1 Å². The molecular formula is C15H23FO4Si. The highest BCUT2D eigenvalue weighted by Crippen LogP contribution is 2.36. The number of halogens is 1. The van der Waals surface area contributed by atoms with Gasteiger partial charge < -0.3 is 14.3 Å². The molecule has 0 amide bonds. The first-order valence-electron chi connectivity index (χ1n) is 6.85. The zero-order chi connectivity index (χ0) is 16.3. The summed E-state index contributed by atoms with van der Waals surface area (Å²) in [7, 11) is -1.88. The van der Waals surface area contributed by atoms with E-state index in [0.717, 1.165) is 0 Å². The highest BCUT2D eigenvalue weighted by atomic mass is 28.4. The second-order valence-electron chi connectivity index (χ2n) is 6.38. The molecule has 1 aromatic rings. The molecule has 1 aromatic carbocycles. The molecule has 0 spiro atoms. The van der Waals surface area contributed by atoms with Gasteiger partial charge in [0.05, 0.1) is 6.61 Å². The summed E-state index contributed by atoms with van der Waals surface area (Å²) in [5.41, 5.74) is -0.178. The fourth-order valence-corrected chi connectivity index (χ4v) is 2.51. The van der Waals surface area contributed by atoms with Crippen LogP contribution >= 0.6 is 0 Å². The maximum atomic E-state index is 13.6. The zero-order valence-corrected chi connectivity index (χ0v) is 14.2. The Balaban J connectivity index is 2.64. The average molecular weight is 314 g/mol. The van der Waals surface area contributed by atoms with Crippen molar-refractivity contribution in [3.8, 4) is 5.75 Å². The highest BCUT2D eigenvalue weighted by molar-refractivity contribution is 6.74. The maximum Gasteiger partial charge on any atom is 0.339 e. The minimum atomic E-state index is -1.88. The summed E-state index contributed by atoms with van der Waals surface area (Å²) in [4.78, 5) is 11.0. The van der Waals surface area contributed by atoms with Crippen molar-refractivity contribution in [2.45, 2.75) is 38.9 Å². The van der Waals surface area contributed by atoms with Gasteiger partial charge in [0.25, 0.3) is 0 Å². The average Bonchev–Trinajstić information content (AvgIpc) is 2.34. The van der Waals surface area contributed by atoms with E-state index in [0.29, 0.717) is 6.61 Å². The fraction of sp³-hybridized carbons (Fsp3) is 0.533.